The largest absolute Gasteiger partial charge is 0.344 e. The van der Waals surface area contributed by atoms with Crippen LogP contribution in [-0.2, 0) is 19.2 Å². The van der Waals surface area contributed by atoms with E-state index in [1.54, 1.807) is 0 Å². The van der Waals surface area contributed by atoms with Crippen molar-refractivity contribution >= 4 is 29.7 Å². The number of fused-ring (bicyclic) bond motifs is 1. The van der Waals surface area contributed by atoms with Gasteiger partial charge in [-0.15, -0.1) is 0 Å². The number of carbonyl (C=O) groups excluding carboxylic acids is 5. The van der Waals surface area contributed by atoms with Gasteiger partial charge in [-0.1, -0.05) is 19.8 Å². The molecule has 2 atom stereocenters. The summed E-state index contributed by atoms with van der Waals surface area (Å²) in [6.45, 7) is 2.09. The van der Waals surface area contributed by atoms with Crippen LogP contribution in [0, 0.1) is 17.8 Å². The van der Waals surface area contributed by atoms with Gasteiger partial charge in [0.2, 0.25) is 17.7 Å². The quantitative estimate of drug-likeness (QED) is 0.537. The third kappa shape index (κ3) is 3.40. The first-order chi connectivity index (χ1) is 13.8. The van der Waals surface area contributed by atoms with Crippen molar-refractivity contribution in [3.05, 3.63) is 0 Å². The molecule has 2 saturated heterocycles. The van der Waals surface area contributed by atoms with Crippen LogP contribution in [-0.4, -0.2) is 51.7 Å². The monoisotopic (exact) mass is 404 g/mol. The average Bonchev–Trinajstić information content (AvgIpc) is 3.09. The van der Waals surface area contributed by atoms with E-state index in [1.807, 2.05) is 0 Å². The lowest BCUT2D eigenvalue weighted by Gasteiger charge is -2.33. The zero-order chi connectivity index (χ0) is 20.8. The molecule has 9 nitrogen and oxygen atoms in total. The zero-order valence-electron chi connectivity index (χ0n) is 16.7. The SMILES string of the molecule is CC1CCC2(CC1)NC(=O)N(NC(=O)CCN1C(=O)[C@@H]3CCCC[C@H]3C1=O)C2=O. The van der Waals surface area contributed by atoms with E-state index in [0.717, 1.165) is 43.5 Å². The molecule has 4 rings (SSSR count). The summed E-state index contributed by atoms with van der Waals surface area (Å²) in [6, 6.07) is -0.628. The topological polar surface area (TPSA) is 116 Å². The van der Waals surface area contributed by atoms with Gasteiger partial charge < -0.3 is 5.32 Å². The van der Waals surface area contributed by atoms with Gasteiger partial charge in [0, 0.05) is 13.0 Å². The number of hydrogen-bond donors (Lipinski definition) is 2. The molecule has 0 aromatic rings. The fourth-order valence-corrected chi connectivity index (χ4v) is 5.16. The molecule has 0 aromatic carbocycles. The van der Waals surface area contributed by atoms with Crippen LogP contribution in [0.15, 0.2) is 0 Å². The molecule has 9 heteroatoms. The van der Waals surface area contributed by atoms with Crippen molar-refractivity contribution in [3.8, 4) is 0 Å². The minimum atomic E-state index is -0.923. The minimum absolute atomic E-state index is 0.0250. The number of hydrogen-bond acceptors (Lipinski definition) is 5. The first-order valence-corrected chi connectivity index (χ1v) is 10.6. The van der Waals surface area contributed by atoms with Gasteiger partial charge in [-0.2, -0.15) is 5.01 Å². The highest BCUT2D eigenvalue weighted by Gasteiger charge is 2.53. The second-order valence-electron chi connectivity index (χ2n) is 8.95. The number of hydrazine groups is 1. The summed E-state index contributed by atoms with van der Waals surface area (Å²) < 4.78 is 0. The molecule has 0 radical (unpaired) electrons. The van der Waals surface area contributed by atoms with Gasteiger partial charge in [-0.3, -0.25) is 29.5 Å². The van der Waals surface area contributed by atoms with E-state index < -0.39 is 23.4 Å². The van der Waals surface area contributed by atoms with E-state index in [9.17, 15) is 24.0 Å². The number of likely N-dealkylation sites (tertiary alicyclic amines) is 1. The Hall–Kier alpha value is -2.45. The van der Waals surface area contributed by atoms with Crippen molar-refractivity contribution in [2.75, 3.05) is 6.54 Å². The summed E-state index contributed by atoms with van der Waals surface area (Å²) in [6.07, 6.45) is 6.00. The average molecular weight is 404 g/mol. The first kappa shape index (κ1) is 19.8. The maximum atomic E-state index is 12.8. The summed E-state index contributed by atoms with van der Waals surface area (Å²) >= 11 is 0. The Morgan fingerprint density at radius 1 is 1.03 bits per heavy atom. The maximum Gasteiger partial charge on any atom is 0.344 e. The highest BCUT2D eigenvalue weighted by atomic mass is 16.2. The molecule has 2 aliphatic heterocycles. The Morgan fingerprint density at radius 3 is 2.21 bits per heavy atom. The summed E-state index contributed by atoms with van der Waals surface area (Å²) in [7, 11) is 0. The molecule has 0 unspecified atom stereocenters. The van der Waals surface area contributed by atoms with Crippen molar-refractivity contribution in [3.63, 3.8) is 0 Å². The van der Waals surface area contributed by atoms with E-state index >= 15 is 0 Å². The highest BCUT2D eigenvalue weighted by molar-refractivity contribution is 6.08. The van der Waals surface area contributed by atoms with Crippen LogP contribution < -0.4 is 10.7 Å². The van der Waals surface area contributed by atoms with Crippen molar-refractivity contribution in [1.29, 1.82) is 0 Å². The van der Waals surface area contributed by atoms with E-state index in [4.69, 9.17) is 0 Å². The number of amides is 6. The fraction of sp³-hybridized carbons (Fsp3) is 0.750. The number of nitrogens with zero attached hydrogens (tertiary/aromatic N) is 2. The lowest BCUT2D eigenvalue weighted by atomic mass is 9.77. The molecule has 2 N–H and O–H groups in total. The molecule has 2 heterocycles. The number of imide groups is 2. The van der Waals surface area contributed by atoms with E-state index in [-0.39, 0.29) is 36.6 Å². The summed E-state index contributed by atoms with van der Waals surface area (Å²) in [4.78, 5) is 63.6. The summed E-state index contributed by atoms with van der Waals surface area (Å²) in [5, 5.41) is 3.50. The molecule has 0 aromatic heterocycles. The van der Waals surface area contributed by atoms with Crippen LogP contribution in [0.4, 0.5) is 4.79 Å². The molecule has 158 valence electrons. The van der Waals surface area contributed by atoms with Crippen molar-refractivity contribution in [2.24, 2.45) is 17.8 Å². The van der Waals surface area contributed by atoms with Gasteiger partial charge in [0.15, 0.2) is 0 Å². The second kappa shape index (κ2) is 7.42. The highest BCUT2D eigenvalue weighted by Crippen LogP contribution is 2.38. The molecule has 1 spiro atoms. The molecule has 6 amide bonds. The fourth-order valence-electron chi connectivity index (χ4n) is 5.16. The van der Waals surface area contributed by atoms with Gasteiger partial charge in [0.05, 0.1) is 11.8 Å². The smallest absolute Gasteiger partial charge is 0.322 e. The Balaban J connectivity index is 1.33. The molecular formula is C20H28N4O5. The second-order valence-corrected chi connectivity index (χ2v) is 8.95. The molecular weight excluding hydrogens is 376 g/mol. The summed E-state index contributed by atoms with van der Waals surface area (Å²) in [5.41, 5.74) is 1.44. The number of nitrogens with one attached hydrogen (secondary N) is 2. The minimum Gasteiger partial charge on any atom is -0.322 e. The number of carbonyl (C=O) groups is 5. The van der Waals surface area contributed by atoms with E-state index in [0.29, 0.717) is 18.8 Å². The molecule has 4 fully saturated rings. The van der Waals surface area contributed by atoms with Crippen LogP contribution in [0.25, 0.3) is 0 Å². The number of rotatable bonds is 4. The van der Waals surface area contributed by atoms with Crippen LogP contribution >= 0.6 is 0 Å². The van der Waals surface area contributed by atoms with Crippen molar-refractivity contribution in [2.45, 2.75) is 70.3 Å². The van der Waals surface area contributed by atoms with Crippen LogP contribution in [0.1, 0.15) is 64.7 Å². The predicted molar refractivity (Wildman–Crippen MR) is 101 cm³/mol. The van der Waals surface area contributed by atoms with Crippen LogP contribution in [0.3, 0.4) is 0 Å². The van der Waals surface area contributed by atoms with Gasteiger partial charge >= 0.3 is 6.03 Å². The third-order valence-corrected chi connectivity index (χ3v) is 7.02. The predicted octanol–water partition coefficient (Wildman–Crippen LogP) is 1.08. The zero-order valence-corrected chi connectivity index (χ0v) is 16.7. The Kier molecular flexibility index (Phi) is 5.08. The normalized spacial score (nSPS) is 34.6. The van der Waals surface area contributed by atoms with Crippen molar-refractivity contribution in [1.82, 2.24) is 20.7 Å². The van der Waals surface area contributed by atoms with E-state index in [1.165, 1.54) is 4.90 Å². The molecule has 2 saturated carbocycles. The summed E-state index contributed by atoms with van der Waals surface area (Å²) in [5.74, 6) is -1.38. The molecule has 2 aliphatic carbocycles. The molecule has 4 aliphatic rings. The Morgan fingerprint density at radius 2 is 1.62 bits per heavy atom. The van der Waals surface area contributed by atoms with Gasteiger partial charge in [0.25, 0.3) is 5.91 Å². The Labute approximate surface area is 169 Å². The van der Waals surface area contributed by atoms with Gasteiger partial charge in [-0.05, 0) is 44.4 Å². The molecule has 0 bridgehead atoms. The maximum absolute atomic E-state index is 12.8. The lowest BCUT2D eigenvalue weighted by molar-refractivity contribution is -0.142. The lowest BCUT2D eigenvalue weighted by Crippen LogP contribution is -2.51. The third-order valence-electron chi connectivity index (χ3n) is 7.02. The standard InChI is InChI=1S/C20H28N4O5/c1-12-6-9-20(10-7-12)18(28)24(19(29)21-20)22-15(25)8-11-23-16(26)13-4-2-3-5-14(13)17(23)27/h12-14H,2-11H2,1H3,(H,21,29)(H,22,25)/t12?,13-,14-,20?/m1/s1. The van der Waals surface area contributed by atoms with Crippen LogP contribution in [0.2, 0.25) is 0 Å². The Bertz CT molecular complexity index is 734. The van der Waals surface area contributed by atoms with Gasteiger partial charge in [0.1, 0.15) is 5.54 Å². The van der Waals surface area contributed by atoms with Crippen LogP contribution in [0.5, 0.6) is 0 Å². The first-order valence-electron chi connectivity index (χ1n) is 10.6. The van der Waals surface area contributed by atoms with Gasteiger partial charge in [-0.25, -0.2) is 4.79 Å². The molecule has 29 heavy (non-hydrogen) atoms. The number of urea groups is 1. The van der Waals surface area contributed by atoms with E-state index in [2.05, 4.69) is 17.7 Å². The van der Waals surface area contributed by atoms with Crippen molar-refractivity contribution < 1.29 is 24.0 Å².